The van der Waals surface area contributed by atoms with E-state index in [0.29, 0.717) is 11.4 Å². The predicted octanol–water partition coefficient (Wildman–Crippen LogP) is 1.73. The van der Waals surface area contributed by atoms with E-state index in [1.54, 1.807) is 12.1 Å². The minimum Gasteiger partial charge on any atom is -0.463 e. The second-order valence-electron chi connectivity index (χ2n) is 5.94. The van der Waals surface area contributed by atoms with E-state index in [1.165, 1.54) is 11.7 Å². The van der Waals surface area contributed by atoms with Gasteiger partial charge in [0.25, 0.3) is 0 Å². The van der Waals surface area contributed by atoms with Gasteiger partial charge >= 0.3 is 5.97 Å². The molecule has 0 bridgehead atoms. The molecule has 1 aromatic heterocycles. The number of hydrogen-bond donors (Lipinski definition) is 0. The third kappa shape index (κ3) is 4.69. The van der Waals surface area contributed by atoms with Crippen molar-refractivity contribution in [3.63, 3.8) is 0 Å². The Hall–Kier alpha value is -2.61. The van der Waals surface area contributed by atoms with Crippen molar-refractivity contribution in [3.8, 4) is 0 Å². The van der Waals surface area contributed by atoms with Crippen molar-refractivity contribution in [1.29, 1.82) is 0 Å². The van der Waals surface area contributed by atoms with Gasteiger partial charge in [0, 0.05) is 12.5 Å². The summed E-state index contributed by atoms with van der Waals surface area (Å²) in [6, 6.07) is 9.01. The topological polar surface area (TPSA) is 96.2 Å². The Morgan fingerprint density at radius 2 is 2.08 bits per heavy atom. The quantitative estimate of drug-likeness (QED) is 0.581. The number of aromatic nitrogens is 4. The van der Waals surface area contributed by atoms with Crippen molar-refractivity contribution in [1.82, 2.24) is 20.2 Å². The van der Waals surface area contributed by atoms with E-state index in [4.69, 9.17) is 9.47 Å². The van der Waals surface area contributed by atoms with E-state index in [9.17, 15) is 9.59 Å². The van der Waals surface area contributed by atoms with E-state index < -0.39 is 0 Å². The molecule has 0 amide bonds. The number of esters is 1. The highest BCUT2D eigenvalue weighted by atomic mass is 16.6. The van der Waals surface area contributed by atoms with Crippen molar-refractivity contribution < 1.29 is 19.1 Å². The summed E-state index contributed by atoms with van der Waals surface area (Å²) < 4.78 is 10.9. The number of ketones is 1. The van der Waals surface area contributed by atoms with Crippen LogP contribution < -0.4 is 0 Å². The van der Waals surface area contributed by atoms with Crippen molar-refractivity contribution in [2.24, 2.45) is 0 Å². The van der Waals surface area contributed by atoms with Crippen LogP contribution >= 0.6 is 0 Å². The largest absolute Gasteiger partial charge is 0.463 e. The zero-order valence-electron chi connectivity index (χ0n) is 14.0. The molecule has 2 aromatic rings. The lowest BCUT2D eigenvalue weighted by atomic mass is 10.1. The molecule has 0 aliphatic carbocycles. The summed E-state index contributed by atoms with van der Waals surface area (Å²) in [5.74, 6) is -0.0247. The lowest BCUT2D eigenvalue weighted by Gasteiger charge is -2.28. The van der Waals surface area contributed by atoms with Gasteiger partial charge in [-0.1, -0.05) is 30.3 Å². The molecule has 3 rings (SSSR count). The van der Waals surface area contributed by atoms with E-state index >= 15 is 0 Å². The fourth-order valence-corrected chi connectivity index (χ4v) is 2.70. The van der Waals surface area contributed by atoms with Gasteiger partial charge in [0.15, 0.2) is 17.8 Å². The Bertz CT molecular complexity index is 731. The number of Topliss-reactive ketones (excluding diaryl/α,β-unsaturated/α-hetero) is 1. The van der Waals surface area contributed by atoms with Crippen LogP contribution in [0.3, 0.4) is 0 Å². The molecule has 8 heteroatoms. The Kier molecular flexibility index (Phi) is 5.49. The number of rotatable bonds is 6. The molecule has 0 saturated carbocycles. The maximum Gasteiger partial charge on any atom is 0.302 e. The first kappa shape index (κ1) is 17.2. The van der Waals surface area contributed by atoms with Gasteiger partial charge in [0.05, 0.1) is 12.5 Å². The maximum absolute atomic E-state index is 12.2. The highest BCUT2D eigenvalue weighted by molar-refractivity contribution is 5.97. The smallest absolute Gasteiger partial charge is 0.302 e. The maximum atomic E-state index is 12.2. The van der Waals surface area contributed by atoms with Crippen LogP contribution in [0.4, 0.5) is 0 Å². The Labute approximate surface area is 145 Å². The molecule has 132 valence electrons. The average Bonchev–Trinajstić information content (AvgIpc) is 3.09. The molecule has 25 heavy (non-hydrogen) atoms. The van der Waals surface area contributed by atoms with Crippen molar-refractivity contribution >= 4 is 11.8 Å². The minimum absolute atomic E-state index is 0.0579. The van der Waals surface area contributed by atoms with Crippen LogP contribution in [0.15, 0.2) is 30.3 Å². The molecule has 1 fully saturated rings. The van der Waals surface area contributed by atoms with Crippen LogP contribution in [0, 0.1) is 0 Å². The Morgan fingerprint density at radius 1 is 1.28 bits per heavy atom. The lowest BCUT2D eigenvalue weighted by molar-refractivity contribution is -0.156. The fraction of sp³-hybridized carbons (Fsp3) is 0.471. The number of benzene rings is 1. The normalized spacial score (nSPS) is 20.2. The summed E-state index contributed by atoms with van der Waals surface area (Å²) >= 11 is 0. The summed E-state index contributed by atoms with van der Waals surface area (Å²) in [5.41, 5.74) is 0.620. The number of carbonyl (C=O) groups is 2. The summed E-state index contributed by atoms with van der Waals surface area (Å²) in [6.07, 6.45) is 2.03. The molecular formula is C17H20N4O4. The van der Waals surface area contributed by atoms with Gasteiger partial charge < -0.3 is 9.47 Å². The second kappa shape index (κ2) is 7.98. The molecule has 2 unspecified atom stereocenters. The van der Waals surface area contributed by atoms with Crippen molar-refractivity contribution in [2.75, 3.05) is 6.61 Å². The summed E-state index contributed by atoms with van der Waals surface area (Å²) in [6.45, 7) is 1.59. The molecule has 1 aromatic carbocycles. The average molecular weight is 344 g/mol. The summed E-state index contributed by atoms with van der Waals surface area (Å²) in [4.78, 5) is 24.5. The number of carbonyl (C=O) groups excluding carboxylic acids is 2. The Balaban J connectivity index is 1.59. The standard InChI is InChI=1S/C17H20N4O4/c1-12(22)24-11-14-8-5-9-17(25-14)21-19-16(18-20-21)10-15(23)13-6-3-2-4-7-13/h2-4,6-7,14,17H,5,8-11H2,1H3. The molecule has 1 saturated heterocycles. The molecule has 1 aliphatic rings. The minimum atomic E-state index is -0.359. The highest BCUT2D eigenvalue weighted by Gasteiger charge is 2.26. The number of ether oxygens (including phenoxy) is 2. The third-order valence-corrected chi connectivity index (χ3v) is 3.94. The van der Waals surface area contributed by atoms with Crippen molar-refractivity contribution in [2.45, 2.75) is 44.9 Å². The molecule has 0 spiro atoms. The zero-order valence-corrected chi connectivity index (χ0v) is 14.0. The highest BCUT2D eigenvalue weighted by Crippen LogP contribution is 2.25. The molecule has 2 heterocycles. The summed E-state index contributed by atoms with van der Waals surface area (Å²) in [7, 11) is 0. The van der Waals surface area contributed by atoms with Crippen LogP contribution in [0.5, 0.6) is 0 Å². The van der Waals surface area contributed by atoms with Crippen LogP contribution in [0.1, 0.15) is 48.6 Å². The van der Waals surface area contributed by atoms with E-state index in [1.807, 2.05) is 18.2 Å². The molecule has 1 aliphatic heterocycles. The predicted molar refractivity (Wildman–Crippen MR) is 86.7 cm³/mol. The van der Waals surface area contributed by atoms with Gasteiger partial charge in [-0.15, -0.1) is 15.0 Å². The number of hydrogen-bond acceptors (Lipinski definition) is 7. The second-order valence-corrected chi connectivity index (χ2v) is 5.94. The first-order chi connectivity index (χ1) is 12.1. The lowest BCUT2D eigenvalue weighted by Crippen LogP contribution is -2.31. The van der Waals surface area contributed by atoms with Gasteiger partial charge in [-0.05, 0) is 24.5 Å². The molecule has 8 nitrogen and oxygen atoms in total. The van der Waals surface area contributed by atoms with Crippen LogP contribution in [0.2, 0.25) is 0 Å². The molecule has 2 atom stereocenters. The van der Waals surface area contributed by atoms with Gasteiger partial charge in [0.2, 0.25) is 0 Å². The first-order valence-electron chi connectivity index (χ1n) is 8.27. The van der Waals surface area contributed by atoms with Gasteiger partial charge in [-0.25, -0.2) is 0 Å². The fourth-order valence-electron chi connectivity index (χ4n) is 2.70. The van der Waals surface area contributed by atoms with Gasteiger partial charge in [0.1, 0.15) is 6.61 Å². The van der Waals surface area contributed by atoms with Crippen LogP contribution in [-0.2, 0) is 20.7 Å². The summed E-state index contributed by atoms with van der Waals surface area (Å²) in [5, 5.41) is 12.2. The monoisotopic (exact) mass is 344 g/mol. The molecular weight excluding hydrogens is 324 g/mol. The van der Waals surface area contributed by atoms with E-state index in [2.05, 4.69) is 15.4 Å². The SMILES string of the molecule is CC(=O)OCC1CCCC(n2nnc(CC(=O)c3ccccc3)n2)O1. The van der Waals surface area contributed by atoms with Crippen LogP contribution in [-0.4, -0.2) is 44.7 Å². The van der Waals surface area contributed by atoms with E-state index in [-0.39, 0.29) is 37.1 Å². The third-order valence-electron chi connectivity index (χ3n) is 3.94. The first-order valence-corrected chi connectivity index (χ1v) is 8.27. The van der Waals surface area contributed by atoms with Crippen LogP contribution in [0.25, 0.3) is 0 Å². The van der Waals surface area contributed by atoms with Crippen molar-refractivity contribution in [3.05, 3.63) is 41.7 Å². The number of tetrazole rings is 1. The molecule has 0 N–H and O–H groups in total. The van der Waals surface area contributed by atoms with Gasteiger partial charge in [-0.2, -0.15) is 0 Å². The van der Waals surface area contributed by atoms with Gasteiger partial charge in [-0.3, -0.25) is 9.59 Å². The molecule has 0 radical (unpaired) electrons. The Morgan fingerprint density at radius 3 is 2.84 bits per heavy atom. The van der Waals surface area contributed by atoms with E-state index in [0.717, 1.165) is 19.3 Å². The zero-order chi connectivity index (χ0) is 17.6. The number of nitrogens with zero attached hydrogens (tertiary/aromatic N) is 4.